The summed E-state index contributed by atoms with van der Waals surface area (Å²) in [5.41, 5.74) is 3.66. The molecule has 0 aromatic heterocycles. The minimum Gasteiger partial charge on any atom is -0.493 e. The molecule has 0 saturated heterocycles. The second-order valence-electron chi connectivity index (χ2n) is 6.41. The van der Waals surface area contributed by atoms with Gasteiger partial charge in [0.05, 0.1) is 12.8 Å². The quantitative estimate of drug-likeness (QED) is 0.523. The van der Waals surface area contributed by atoms with Crippen molar-refractivity contribution in [3.8, 4) is 5.75 Å². The van der Waals surface area contributed by atoms with Crippen LogP contribution in [-0.2, 0) is 4.79 Å². The lowest BCUT2D eigenvalue weighted by molar-refractivity contribution is -0.123. The van der Waals surface area contributed by atoms with Gasteiger partial charge in [-0.25, -0.2) is 5.43 Å². The van der Waals surface area contributed by atoms with E-state index in [9.17, 15) is 9.59 Å². The van der Waals surface area contributed by atoms with Gasteiger partial charge in [-0.1, -0.05) is 37.6 Å². The molecule has 0 fully saturated rings. The Hall–Kier alpha value is -2.86. The topological polar surface area (TPSA) is 79.8 Å². The monoisotopic (exact) mass is 401 g/mol. The molecule has 2 rings (SSSR count). The first kappa shape index (κ1) is 21.4. The van der Waals surface area contributed by atoms with E-state index in [1.165, 1.54) is 6.21 Å². The molecular weight excluding hydrogens is 378 g/mol. The Morgan fingerprint density at radius 2 is 1.82 bits per heavy atom. The maximum atomic E-state index is 12.5. The predicted molar refractivity (Wildman–Crippen MR) is 111 cm³/mol. The van der Waals surface area contributed by atoms with Gasteiger partial charge in [0.15, 0.2) is 0 Å². The molecule has 0 aliphatic rings. The summed E-state index contributed by atoms with van der Waals surface area (Å²) in [6.07, 6.45) is 1.52. The highest BCUT2D eigenvalue weighted by molar-refractivity contribution is 6.30. The second-order valence-corrected chi connectivity index (χ2v) is 6.84. The lowest BCUT2D eigenvalue weighted by atomic mass is 10.0. The highest BCUT2D eigenvalue weighted by Crippen LogP contribution is 2.15. The predicted octanol–water partition coefficient (Wildman–Crippen LogP) is 3.64. The van der Waals surface area contributed by atoms with Crippen molar-refractivity contribution < 1.29 is 14.3 Å². The summed E-state index contributed by atoms with van der Waals surface area (Å²) in [6, 6.07) is 13.1. The summed E-state index contributed by atoms with van der Waals surface area (Å²) in [6.45, 7) is 6.12. The molecule has 1 atom stereocenters. The van der Waals surface area contributed by atoms with Crippen molar-refractivity contribution in [2.45, 2.75) is 26.8 Å². The zero-order valence-electron chi connectivity index (χ0n) is 16.1. The third-order valence-electron chi connectivity index (χ3n) is 3.94. The fraction of sp³-hybridized carbons (Fsp3) is 0.286. The number of hydrogen-bond acceptors (Lipinski definition) is 4. The average Bonchev–Trinajstić information content (AvgIpc) is 2.67. The van der Waals surface area contributed by atoms with Gasteiger partial charge in [0.2, 0.25) is 0 Å². The van der Waals surface area contributed by atoms with Crippen molar-refractivity contribution >= 4 is 29.6 Å². The van der Waals surface area contributed by atoms with Crippen LogP contribution in [0.2, 0.25) is 5.02 Å². The maximum Gasteiger partial charge on any atom is 0.262 e. The molecule has 2 amide bonds. The molecule has 0 saturated carbocycles. The third kappa shape index (κ3) is 6.09. The molecule has 0 heterocycles. The summed E-state index contributed by atoms with van der Waals surface area (Å²) < 4.78 is 5.52. The number of hydrogen-bond donors (Lipinski definition) is 2. The number of carbonyl (C=O) groups is 2. The number of amides is 2. The van der Waals surface area contributed by atoms with Crippen LogP contribution in [0, 0.1) is 5.92 Å². The first-order valence-corrected chi connectivity index (χ1v) is 9.41. The summed E-state index contributed by atoms with van der Waals surface area (Å²) in [5.74, 6) is -0.194. The van der Waals surface area contributed by atoms with Crippen LogP contribution >= 0.6 is 11.6 Å². The minimum atomic E-state index is -0.734. The van der Waals surface area contributed by atoms with E-state index in [0.717, 1.165) is 5.56 Å². The van der Waals surface area contributed by atoms with E-state index in [2.05, 4.69) is 15.8 Å². The molecule has 6 nitrogen and oxygen atoms in total. The van der Waals surface area contributed by atoms with Crippen molar-refractivity contribution in [1.29, 1.82) is 0 Å². The van der Waals surface area contributed by atoms with E-state index in [1.54, 1.807) is 24.3 Å². The van der Waals surface area contributed by atoms with Gasteiger partial charge in [-0.05, 0) is 49.2 Å². The summed E-state index contributed by atoms with van der Waals surface area (Å²) in [7, 11) is 0. The summed E-state index contributed by atoms with van der Waals surface area (Å²) in [4.78, 5) is 24.9. The normalized spacial score (nSPS) is 12.0. The average molecular weight is 402 g/mol. The highest BCUT2D eigenvalue weighted by Gasteiger charge is 2.24. The van der Waals surface area contributed by atoms with Crippen molar-refractivity contribution in [3.05, 3.63) is 64.7 Å². The number of hydrazone groups is 1. The molecule has 148 valence electrons. The van der Waals surface area contributed by atoms with Crippen LogP contribution in [0.4, 0.5) is 0 Å². The van der Waals surface area contributed by atoms with Gasteiger partial charge >= 0.3 is 0 Å². The molecule has 0 bridgehead atoms. The Morgan fingerprint density at radius 3 is 2.46 bits per heavy atom. The van der Waals surface area contributed by atoms with E-state index in [-0.39, 0.29) is 11.8 Å². The van der Waals surface area contributed by atoms with Crippen LogP contribution in [0.25, 0.3) is 0 Å². The lowest BCUT2D eigenvalue weighted by Crippen LogP contribution is -2.48. The van der Waals surface area contributed by atoms with Gasteiger partial charge in [0, 0.05) is 16.1 Å². The Morgan fingerprint density at radius 1 is 1.14 bits per heavy atom. The maximum absolute atomic E-state index is 12.5. The zero-order valence-corrected chi connectivity index (χ0v) is 16.9. The first-order valence-electron chi connectivity index (χ1n) is 9.03. The number of halogens is 1. The number of nitrogens with one attached hydrogen (secondary N) is 2. The molecule has 2 N–H and O–H groups in total. The number of nitrogens with zero attached hydrogens (tertiary/aromatic N) is 1. The SMILES string of the molecule is CCOc1ccccc1C=NNC(=O)C(NC(=O)c1ccc(Cl)cc1)C(C)C. The van der Waals surface area contributed by atoms with Gasteiger partial charge in [0.1, 0.15) is 11.8 Å². The fourth-order valence-electron chi connectivity index (χ4n) is 2.47. The molecule has 0 aliphatic carbocycles. The van der Waals surface area contributed by atoms with E-state index in [1.807, 2.05) is 45.0 Å². The molecule has 0 spiro atoms. The standard InChI is InChI=1S/C21H24ClN3O3/c1-4-28-18-8-6-5-7-16(18)13-23-25-21(27)19(14(2)3)24-20(26)15-9-11-17(22)12-10-15/h5-14,19H,4H2,1-3H3,(H,24,26)(H,25,27). The van der Waals surface area contributed by atoms with Crippen LogP contribution in [0.5, 0.6) is 5.75 Å². The third-order valence-corrected chi connectivity index (χ3v) is 4.19. The molecule has 2 aromatic carbocycles. The van der Waals surface area contributed by atoms with Crippen molar-refractivity contribution in [2.24, 2.45) is 11.0 Å². The molecule has 0 aliphatic heterocycles. The smallest absolute Gasteiger partial charge is 0.262 e. The van der Waals surface area contributed by atoms with Gasteiger partial charge in [-0.2, -0.15) is 5.10 Å². The Labute approximate surface area is 169 Å². The van der Waals surface area contributed by atoms with Gasteiger partial charge in [0.25, 0.3) is 11.8 Å². The molecule has 2 aromatic rings. The molecular formula is C21H24ClN3O3. The minimum absolute atomic E-state index is 0.123. The van der Waals surface area contributed by atoms with Crippen molar-refractivity contribution in [1.82, 2.24) is 10.7 Å². The number of benzene rings is 2. The Balaban J connectivity index is 2.03. The Bertz CT molecular complexity index is 835. The summed E-state index contributed by atoms with van der Waals surface area (Å²) >= 11 is 5.84. The highest BCUT2D eigenvalue weighted by atomic mass is 35.5. The molecule has 0 radical (unpaired) electrons. The van der Waals surface area contributed by atoms with Crippen LogP contribution in [0.15, 0.2) is 53.6 Å². The lowest BCUT2D eigenvalue weighted by Gasteiger charge is -2.20. The number of ether oxygens (including phenoxy) is 1. The summed E-state index contributed by atoms with van der Waals surface area (Å²) in [5, 5.41) is 7.28. The second kappa shape index (κ2) is 10.5. The van der Waals surface area contributed by atoms with Crippen molar-refractivity contribution in [3.63, 3.8) is 0 Å². The van der Waals surface area contributed by atoms with Crippen molar-refractivity contribution in [2.75, 3.05) is 6.61 Å². The first-order chi connectivity index (χ1) is 13.4. The van der Waals surface area contributed by atoms with Gasteiger partial charge in [-0.3, -0.25) is 9.59 Å². The molecule has 28 heavy (non-hydrogen) atoms. The molecule has 7 heteroatoms. The van der Waals surface area contributed by atoms with Crippen LogP contribution in [0.1, 0.15) is 36.7 Å². The number of rotatable bonds is 8. The Kier molecular flexibility index (Phi) is 8.02. The number of carbonyl (C=O) groups excluding carboxylic acids is 2. The van der Waals surface area contributed by atoms with E-state index in [4.69, 9.17) is 16.3 Å². The number of para-hydroxylation sites is 1. The fourth-order valence-corrected chi connectivity index (χ4v) is 2.60. The van der Waals surface area contributed by atoms with E-state index in [0.29, 0.717) is 22.9 Å². The van der Waals surface area contributed by atoms with Crippen LogP contribution in [0.3, 0.4) is 0 Å². The molecule has 1 unspecified atom stereocenters. The van der Waals surface area contributed by atoms with Crippen LogP contribution in [-0.4, -0.2) is 30.7 Å². The largest absolute Gasteiger partial charge is 0.493 e. The van der Waals surface area contributed by atoms with Crippen LogP contribution < -0.4 is 15.5 Å². The van der Waals surface area contributed by atoms with E-state index < -0.39 is 11.9 Å². The van der Waals surface area contributed by atoms with Gasteiger partial charge in [-0.15, -0.1) is 0 Å². The van der Waals surface area contributed by atoms with E-state index >= 15 is 0 Å². The van der Waals surface area contributed by atoms with Gasteiger partial charge < -0.3 is 10.1 Å². The zero-order chi connectivity index (χ0) is 20.5.